The Hall–Kier alpha value is -2.34. The quantitative estimate of drug-likeness (QED) is 0.458. The summed E-state index contributed by atoms with van der Waals surface area (Å²) in [6.45, 7) is 8.92. The first-order valence-corrected chi connectivity index (χ1v) is 11.4. The van der Waals surface area contributed by atoms with Crippen LogP contribution in [0.5, 0.6) is 0 Å². The van der Waals surface area contributed by atoms with Crippen molar-refractivity contribution in [1.29, 1.82) is 0 Å². The summed E-state index contributed by atoms with van der Waals surface area (Å²) < 4.78 is 0. The average Bonchev–Trinajstić information content (AvgIpc) is 2.76. The van der Waals surface area contributed by atoms with Crippen LogP contribution in [0.25, 0.3) is 11.1 Å². The molecule has 0 bridgehead atoms. The van der Waals surface area contributed by atoms with Crippen LogP contribution in [-0.2, 0) is 0 Å². The van der Waals surface area contributed by atoms with Gasteiger partial charge in [-0.1, -0.05) is 68.5 Å². The summed E-state index contributed by atoms with van der Waals surface area (Å²) in [6, 6.07) is 9.20. The van der Waals surface area contributed by atoms with Crippen molar-refractivity contribution in [2.45, 2.75) is 59.8 Å². The monoisotopic (exact) mass is 382 g/mol. The van der Waals surface area contributed by atoms with Crippen molar-refractivity contribution in [3.8, 4) is 0 Å². The molecule has 0 aliphatic heterocycles. The Kier molecular flexibility index (Phi) is 5.90. The third-order valence-corrected chi connectivity index (χ3v) is 6.75. The van der Waals surface area contributed by atoms with E-state index in [9.17, 15) is 0 Å². The lowest BCUT2D eigenvalue weighted by atomic mass is 9.68. The minimum Gasteiger partial charge on any atom is -0.0871 e. The Bertz CT molecular complexity index is 969. The van der Waals surface area contributed by atoms with Crippen LogP contribution in [-0.4, -0.2) is 0 Å². The molecule has 0 saturated heterocycles. The van der Waals surface area contributed by atoms with Gasteiger partial charge in [0.05, 0.1) is 0 Å². The van der Waals surface area contributed by atoms with E-state index >= 15 is 0 Å². The van der Waals surface area contributed by atoms with Crippen LogP contribution in [0, 0.1) is 11.8 Å². The van der Waals surface area contributed by atoms with Gasteiger partial charge in [-0.25, -0.2) is 0 Å². The van der Waals surface area contributed by atoms with Gasteiger partial charge in [0.1, 0.15) is 0 Å². The Morgan fingerprint density at radius 1 is 1.10 bits per heavy atom. The maximum absolute atomic E-state index is 2.58. The molecule has 1 aromatic rings. The minimum atomic E-state index is 0.545. The molecule has 0 N–H and O–H groups in total. The third kappa shape index (κ3) is 3.90. The fraction of sp³-hybridized carbons (Fsp3) is 0.379. The predicted octanol–water partition coefficient (Wildman–Crippen LogP) is 8.46. The largest absolute Gasteiger partial charge is 0.0871 e. The SMILES string of the molecule is CC=CC(=CC)c1cccc(C2=C(C(C)C)C=C3C4=C(C=CCC4)CCC3C2)c1. The number of benzene rings is 1. The molecule has 0 aromatic heterocycles. The lowest BCUT2D eigenvalue weighted by Crippen LogP contribution is -2.20. The van der Waals surface area contributed by atoms with E-state index < -0.39 is 0 Å². The molecule has 1 atom stereocenters. The highest BCUT2D eigenvalue weighted by molar-refractivity contribution is 5.80. The summed E-state index contributed by atoms with van der Waals surface area (Å²) in [5.41, 5.74) is 12.1. The van der Waals surface area contributed by atoms with Gasteiger partial charge in [0, 0.05) is 0 Å². The topological polar surface area (TPSA) is 0 Å². The summed E-state index contributed by atoms with van der Waals surface area (Å²) in [7, 11) is 0. The van der Waals surface area contributed by atoms with Crippen LogP contribution in [0.15, 0.2) is 83.0 Å². The number of rotatable bonds is 4. The lowest BCUT2D eigenvalue weighted by Gasteiger charge is -2.36. The second kappa shape index (κ2) is 8.57. The smallest absolute Gasteiger partial charge is 0.0115 e. The highest BCUT2D eigenvalue weighted by Crippen LogP contribution is 2.48. The zero-order chi connectivity index (χ0) is 20.4. The molecule has 4 rings (SSSR count). The maximum atomic E-state index is 2.58. The van der Waals surface area contributed by atoms with Crippen LogP contribution in [0.2, 0.25) is 0 Å². The summed E-state index contributed by atoms with van der Waals surface area (Å²) in [5, 5.41) is 0. The first-order valence-electron chi connectivity index (χ1n) is 11.4. The van der Waals surface area contributed by atoms with Gasteiger partial charge >= 0.3 is 0 Å². The van der Waals surface area contributed by atoms with E-state index in [2.05, 4.69) is 88.4 Å². The van der Waals surface area contributed by atoms with Gasteiger partial charge in [-0.3, -0.25) is 0 Å². The minimum absolute atomic E-state index is 0.545. The van der Waals surface area contributed by atoms with Gasteiger partial charge < -0.3 is 0 Å². The Morgan fingerprint density at radius 3 is 2.72 bits per heavy atom. The van der Waals surface area contributed by atoms with Gasteiger partial charge in [0.15, 0.2) is 0 Å². The van der Waals surface area contributed by atoms with Crippen molar-refractivity contribution >= 4 is 11.1 Å². The molecule has 0 heterocycles. The van der Waals surface area contributed by atoms with Crippen molar-refractivity contribution in [2.24, 2.45) is 11.8 Å². The summed E-state index contributed by atoms with van der Waals surface area (Å²) >= 11 is 0. The number of hydrogen-bond acceptors (Lipinski definition) is 0. The first-order chi connectivity index (χ1) is 14.1. The lowest BCUT2D eigenvalue weighted by molar-refractivity contribution is 0.537. The van der Waals surface area contributed by atoms with Gasteiger partial charge in [-0.2, -0.15) is 0 Å². The van der Waals surface area contributed by atoms with Crippen molar-refractivity contribution in [3.05, 3.63) is 94.1 Å². The molecular formula is C29H34. The second-order valence-corrected chi connectivity index (χ2v) is 8.90. The van der Waals surface area contributed by atoms with Crippen LogP contribution in [0.3, 0.4) is 0 Å². The fourth-order valence-electron chi connectivity index (χ4n) is 5.27. The van der Waals surface area contributed by atoms with E-state index in [0.29, 0.717) is 11.8 Å². The number of allylic oxidation sites excluding steroid dienone is 12. The maximum Gasteiger partial charge on any atom is -0.0115 e. The molecule has 0 amide bonds. The van der Waals surface area contributed by atoms with E-state index in [0.717, 1.165) is 0 Å². The molecule has 0 radical (unpaired) electrons. The van der Waals surface area contributed by atoms with Crippen molar-refractivity contribution in [3.63, 3.8) is 0 Å². The summed E-state index contributed by atoms with van der Waals surface area (Å²) in [6.07, 6.45) is 20.1. The van der Waals surface area contributed by atoms with E-state index in [4.69, 9.17) is 0 Å². The van der Waals surface area contributed by atoms with Crippen LogP contribution < -0.4 is 0 Å². The first kappa shape index (κ1) is 20.0. The Morgan fingerprint density at radius 2 is 1.97 bits per heavy atom. The molecule has 0 saturated carbocycles. The van der Waals surface area contributed by atoms with Crippen LogP contribution >= 0.6 is 0 Å². The third-order valence-electron chi connectivity index (χ3n) is 6.75. The molecule has 3 aliphatic carbocycles. The van der Waals surface area contributed by atoms with E-state index in [1.165, 1.54) is 48.8 Å². The normalized spacial score (nSPS) is 22.3. The van der Waals surface area contributed by atoms with E-state index in [-0.39, 0.29) is 0 Å². The molecule has 0 spiro atoms. The molecule has 29 heavy (non-hydrogen) atoms. The van der Waals surface area contributed by atoms with E-state index in [1.807, 2.05) is 0 Å². The van der Waals surface area contributed by atoms with Gasteiger partial charge in [0.2, 0.25) is 0 Å². The number of hydrogen-bond donors (Lipinski definition) is 0. The van der Waals surface area contributed by atoms with Gasteiger partial charge in [0.25, 0.3) is 0 Å². The highest BCUT2D eigenvalue weighted by Gasteiger charge is 2.31. The van der Waals surface area contributed by atoms with Gasteiger partial charge in [-0.15, -0.1) is 0 Å². The molecule has 1 aromatic carbocycles. The highest BCUT2D eigenvalue weighted by atomic mass is 14.4. The molecule has 1 unspecified atom stereocenters. The van der Waals surface area contributed by atoms with Crippen molar-refractivity contribution < 1.29 is 0 Å². The predicted molar refractivity (Wildman–Crippen MR) is 127 cm³/mol. The molecule has 3 aliphatic rings. The molecule has 150 valence electrons. The van der Waals surface area contributed by atoms with Crippen LogP contribution in [0.4, 0.5) is 0 Å². The van der Waals surface area contributed by atoms with Crippen LogP contribution in [0.1, 0.15) is 70.9 Å². The standard InChI is InChI=1S/C29H34/c1-5-10-21(6-2)23-12-9-13-24(17-23)28-18-25-16-15-22-11-7-8-14-26(22)29(25)19-27(28)20(3)4/h5-7,9-13,17,19-20,25H,8,14-16,18H2,1-4H3. The zero-order valence-electron chi connectivity index (χ0n) is 18.5. The second-order valence-electron chi connectivity index (χ2n) is 8.90. The molecular weight excluding hydrogens is 348 g/mol. The Labute approximate surface area is 177 Å². The molecule has 0 heteroatoms. The molecule has 0 nitrogen and oxygen atoms in total. The summed E-state index contributed by atoms with van der Waals surface area (Å²) in [5.74, 6) is 1.24. The number of fused-ring (bicyclic) bond motifs is 2. The van der Waals surface area contributed by atoms with Gasteiger partial charge in [-0.05, 0) is 108 Å². The average molecular weight is 383 g/mol. The van der Waals surface area contributed by atoms with Crippen molar-refractivity contribution in [1.82, 2.24) is 0 Å². The zero-order valence-corrected chi connectivity index (χ0v) is 18.5. The fourth-order valence-corrected chi connectivity index (χ4v) is 5.27. The Balaban J connectivity index is 1.80. The van der Waals surface area contributed by atoms with E-state index in [1.54, 1.807) is 27.9 Å². The summed E-state index contributed by atoms with van der Waals surface area (Å²) in [4.78, 5) is 0. The van der Waals surface area contributed by atoms with Crippen molar-refractivity contribution in [2.75, 3.05) is 0 Å². The molecule has 0 fully saturated rings.